The van der Waals surface area contributed by atoms with E-state index in [1.807, 2.05) is 6.07 Å². The van der Waals surface area contributed by atoms with Gasteiger partial charge in [0, 0.05) is 19.6 Å². The number of nitrogens with one attached hydrogen (secondary N) is 1. The lowest BCUT2D eigenvalue weighted by molar-refractivity contribution is 0.110. The van der Waals surface area contributed by atoms with Crippen molar-refractivity contribution in [2.45, 2.75) is 32.9 Å². The van der Waals surface area contributed by atoms with Crippen molar-refractivity contribution < 1.29 is 5.11 Å². The molecule has 102 valence electrons. The maximum absolute atomic E-state index is 9.95. The van der Waals surface area contributed by atoms with E-state index < -0.39 is 0 Å². The zero-order chi connectivity index (χ0) is 13.2. The van der Waals surface area contributed by atoms with Gasteiger partial charge in [-0.2, -0.15) is 0 Å². The molecule has 0 amide bonds. The van der Waals surface area contributed by atoms with Gasteiger partial charge in [0.25, 0.3) is 0 Å². The molecule has 1 rings (SSSR count). The first-order valence-corrected chi connectivity index (χ1v) is 6.91. The fourth-order valence-corrected chi connectivity index (χ4v) is 1.96. The summed E-state index contributed by atoms with van der Waals surface area (Å²) in [6.07, 6.45) is 0.814. The van der Waals surface area contributed by atoms with E-state index in [0.717, 1.165) is 32.6 Å². The highest BCUT2D eigenvalue weighted by molar-refractivity contribution is 5.14. The number of hydrogen-bond acceptors (Lipinski definition) is 3. The summed E-state index contributed by atoms with van der Waals surface area (Å²) in [7, 11) is 0. The number of rotatable bonds is 9. The third-order valence-corrected chi connectivity index (χ3v) is 2.97. The third-order valence-electron chi connectivity index (χ3n) is 2.97. The molecule has 1 aromatic carbocycles. The Bertz CT molecular complexity index is 303. The number of aliphatic hydroxyl groups excluding tert-OH is 1. The second-order valence-corrected chi connectivity index (χ2v) is 4.67. The first-order chi connectivity index (χ1) is 8.76. The summed E-state index contributed by atoms with van der Waals surface area (Å²) in [6.45, 7) is 8.51. The smallest absolute Gasteiger partial charge is 0.0791 e. The highest BCUT2D eigenvalue weighted by Crippen LogP contribution is 2.04. The quantitative estimate of drug-likeness (QED) is 0.657. The molecule has 0 saturated heterocycles. The van der Waals surface area contributed by atoms with Crippen molar-refractivity contribution in [1.82, 2.24) is 10.2 Å². The second-order valence-electron chi connectivity index (χ2n) is 4.67. The Morgan fingerprint density at radius 1 is 1.22 bits per heavy atom. The molecule has 0 saturated carbocycles. The zero-order valence-corrected chi connectivity index (χ0v) is 11.6. The van der Waals surface area contributed by atoms with E-state index in [0.29, 0.717) is 6.54 Å². The molecule has 0 spiro atoms. The van der Waals surface area contributed by atoms with Gasteiger partial charge in [0.05, 0.1) is 6.10 Å². The van der Waals surface area contributed by atoms with Crippen LogP contribution in [0, 0.1) is 0 Å². The molecule has 3 heteroatoms. The molecular weight excluding hydrogens is 224 g/mol. The summed E-state index contributed by atoms with van der Waals surface area (Å²) < 4.78 is 0. The Kier molecular flexibility index (Phi) is 7.65. The molecule has 0 aliphatic carbocycles. The van der Waals surface area contributed by atoms with Crippen LogP contribution in [0.1, 0.15) is 25.8 Å². The van der Waals surface area contributed by atoms with Crippen molar-refractivity contribution in [2.24, 2.45) is 0 Å². The number of benzene rings is 1. The molecular formula is C15H26N2O. The van der Waals surface area contributed by atoms with Gasteiger partial charge in [0.2, 0.25) is 0 Å². The van der Waals surface area contributed by atoms with Gasteiger partial charge in [-0.15, -0.1) is 0 Å². The van der Waals surface area contributed by atoms with Gasteiger partial charge in [-0.3, -0.25) is 4.90 Å². The van der Waals surface area contributed by atoms with Crippen LogP contribution >= 0.6 is 0 Å². The molecule has 1 atom stereocenters. The van der Waals surface area contributed by atoms with Crippen molar-refractivity contribution >= 4 is 0 Å². The lowest BCUT2D eigenvalue weighted by atomic mass is 10.2. The van der Waals surface area contributed by atoms with E-state index in [-0.39, 0.29) is 6.10 Å². The van der Waals surface area contributed by atoms with Crippen molar-refractivity contribution in [2.75, 3.05) is 26.2 Å². The summed E-state index contributed by atoms with van der Waals surface area (Å²) in [5.41, 5.74) is 1.30. The average molecular weight is 250 g/mol. The molecule has 0 aliphatic heterocycles. The van der Waals surface area contributed by atoms with Crippen LogP contribution in [0.3, 0.4) is 0 Å². The van der Waals surface area contributed by atoms with Gasteiger partial charge in [0.1, 0.15) is 0 Å². The molecule has 1 aromatic rings. The van der Waals surface area contributed by atoms with Crippen LogP contribution in [-0.4, -0.2) is 42.3 Å². The van der Waals surface area contributed by atoms with Crippen LogP contribution in [0.4, 0.5) is 0 Å². The van der Waals surface area contributed by atoms with Crippen LogP contribution in [-0.2, 0) is 6.54 Å². The Balaban J connectivity index is 2.32. The first-order valence-electron chi connectivity index (χ1n) is 6.91. The maximum atomic E-state index is 9.95. The van der Waals surface area contributed by atoms with Crippen LogP contribution in [0.25, 0.3) is 0 Å². The van der Waals surface area contributed by atoms with Gasteiger partial charge in [-0.1, -0.05) is 44.2 Å². The maximum Gasteiger partial charge on any atom is 0.0791 e. The molecule has 18 heavy (non-hydrogen) atoms. The number of likely N-dealkylation sites (N-methyl/N-ethyl adjacent to an activating group) is 1. The van der Waals surface area contributed by atoms with Crippen molar-refractivity contribution in [3.05, 3.63) is 35.9 Å². The number of hydrogen-bond donors (Lipinski definition) is 2. The molecule has 2 N–H and O–H groups in total. The van der Waals surface area contributed by atoms with Crippen LogP contribution < -0.4 is 5.32 Å². The normalized spacial score (nSPS) is 12.9. The van der Waals surface area contributed by atoms with Crippen molar-refractivity contribution in [3.63, 3.8) is 0 Å². The van der Waals surface area contributed by atoms with E-state index in [1.165, 1.54) is 5.56 Å². The molecule has 1 unspecified atom stereocenters. The predicted molar refractivity (Wildman–Crippen MR) is 76.6 cm³/mol. The zero-order valence-electron chi connectivity index (χ0n) is 11.6. The van der Waals surface area contributed by atoms with Crippen LogP contribution in [0.5, 0.6) is 0 Å². The lowest BCUT2D eigenvalue weighted by Crippen LogP contribution is -2.38. The largest absolute Gasteiger partial charge is 0.390 e. The Labute approximate surface area is 111 Å². The lowest BCUT2D eigenvalue weighted by Gasteiger charge is -2.23. The second kappa shape index (κ2) is 9.09. The SMILES string of the molecule is CCCNCC(O)CN(CC)Cc1ccccc1. The highest BCUT2D eigenvalue weighted by Gasteiger charge is 2.10. The molecule has 0 heterocycles. The van der Waals surface area contributed by atoms with Gasteiger partial charge >= 0.3 is 0 Å². The van der Waals surface area contributed by atoms with Gasteiger partial charge in [0.15, 0.2) is 0 Å². The minimum atomic E-state index is -0.291. The van der Waals surface area contributed by atoms with Gasteiger partial charge in [-0.05, 0) is 25.1 Å². The Hall–Kier alpha value is -0.900. The van der Waals surface area contributed by atoms with Crippen molar-refractivity contribution in [3.8, 4) is 0 Å². The number of aliphatic hydroxyl groups is 1. The fourth-order valence-electron chi connectivity index (χ4n) is 1.96. The molecule has 0 radical (unpaired) electrons. The Morgan fingerprint density at radius 2 is 1.94 bits per heavy atom. The van der Waals surface area contributed by atoms with Crippen LogP contribution in [0.15, 0.2) is 30.3 Å². The monoisotopic (exact) mass is 250 g/mol. The van der Waals surface area contributed by atoms with Crippen molar-refractivity contribution in [1.29, 1.82) is 0 Å². The van der Waals surface area contributed by atoms with E-state index in [4.69, 9.17) is 0 Å². The minimum Gasteiger partial charge on any atom is -0.390 e. The molecule has 0 aliphatic rings. The fraction of sp³-hybridized carbons (Fsp3) is 0.600. The first kappa shape index (κ1) is 15.2. The van der Waals surface area contributed by atoms with Gasteiger partial charge < -0.3 is 10.4 Å². The summed E-state index contributed by atoms with van der Waals surface area (Å²) in [5.74, 6) is 0. The average Bonchev–Trinajstić information content (AvgIpc) is 2.39. The predicted octanol–water partition coefficient (Wildman–Crippen LogP) is 1.87. The van der Waals surface area contributed by atoms with E-state index in [2.05, 4.69) is 48.3 Å². The summed E-state index contributed by atoms with van der Waals surface area (Å²) >= 11 is 0. The molecule has 0 fully saturated rings. The standard InChI is InChI=1S/C15H26N2O/c1-3-10-16-11-15(18)13-17(4-2)12-14-8-6-5-7-9-14/h5-9,15-16,18H,3-4,10-13H2,1-2H3. The summed E-state index contributed by atoms with van der Waals surface area (Å²) in [4.78, 5) is 2.27. The summed E-state index contributed by atoms with van der Waals surface area (Å²) in [6, 6.07) is 10.4. The van der Waals surface area contributed by atoms with E-state index in [1.54, 1.807) is 0 Å². The number of nitrogens with zero attached hydrogens (tertiary/aromatic N) is 1. The highest BCUT2D eigenvalue weighted by atomic mass is 16.3. The molecule has 0 aromatic heterocycles. The van der Waals surface area contributed by atoms with Gasteiger partial charge in [-0.25, -0.2) is 0 Å². The van der Waals surface area contributed by atoms with Crippen LogP contribution in [0.2, 0.25) is 0 Å². The minimum absolute atomic E-state index is 0.291. The topological polar surface area (TPSA) is 35.5 Å². The molecule has 0 bridgehead atoms. The van der Waals surface area contributed by atoms with E-state index >= 15 is 0 Å². The summed E-state index contributed by atoms with van der Waals surface area (Å²) in [5, 5.41) is 13.2. The Morgan fingerprint density at radius 3 is 2.56 bits per heavy atom. The van der Waals surface area contributed by atoms with E-state index in [9.17, 15) is 5.11 Å². The third kappa shape index (κ3) is 6.15. The molecule has 3 nitrogen and oxygen atoms in total.